The maximum atomic E-state index is 12.8. The van der Waals surface area contributed by atoms with Crippen LogP contribution in [0.3, 0.4) is 0 Å². The van der Waals surface area contributed by atoms with Gasteiger partial charge >= 0.3 is 0 Å². The minimum atomic E-state index is -0.327. The normalized spacial score (nSPS) is 12.9. The molecule has 3 aromatic heterocycles. The van der Waals surface area contributed by atoms with E-state index in [1.165, 1.54) is 6.20 Å². The van der Waals surface area contributed by atoms with Gasteiger partial charge in [-0.15, -0.1) is 10.2 Å². The molecule has 4 aromatic rings. The number of pyridine rings is 2. The molecule has 5 rings (SSSR count). The second-order valence-electron chi connectivity index (χ2n) is 7.33. The molecule has 0 spiro atoms. The lowest BCUT2D eigenvalue weighted by Crippen LogP contribution is -2.13. The molecule has 0 saturated heterocycles. The van der Waals surface area contributed by atoms with Crippen molar-refractivity contribution >= 4 is 11.6 Å². The summed E-state index contributed by atoms with van der Waals surface area (Å²) < 4.78 is 2.08. The van der Waals surface area contributed by atoms with E-state index in [9.17, 15) is 4.79 Å². The molecule has 1 amide bonds. The van der Waals surface area contributed by atoms with Crippen LogP contribution in [0.4, 0.5) is 5.69 Å². The molecule has 1 saturated carbocycles. The van der Waals surface area contributed by atoms with Crippen LogP contribution in [-0.2, 0) is 0 Å². The Morgan fingerprint density at radius 1 is 1.10 bits per heavy atom. The standard InChI is InChI=1S/C23H17N7O/c24-11-15-8-18(13-25-12-15)16-6-7-26-21(10-16)23(31)28-19-3-1-2-17(9-19)22-29-27-14-30(22)20-4-5-20/h1-3,6-10,12-14,20H,4-5H2,(H,28,31). The maximum absolute atomic E-state index is 12.8. The third-order valence-corrected chi connectivity index (χ3v) is 5.09. The first-order valence-electron chi connectivity index (χ1n) is 9.84. The van der Waals surface area contributed by atoms with Crippen LogP contribution >= 0.6 is 0 Å². The summed E-state index contributed by atoms with van der Waals surface area (Å²) in [5.41, 5.74) is 3.77. The Kier molecular flexibility index (Phi) is 4.69. The van der Waals surface area contributed by atoms with Gasteiger partial charge in [0, 0.05) is 41.4 Å². The van der Waals surface area contributed by atoms with E-state index in [4.69, 9.17) is 5.26 Å². The lowest BCUT2D eigenvalue weighted by molar-refractivity contribution is 0.102. The lowest BCUT2D eigenvalue weighted by Gasteiger charge is -2.09. The molecule has 1 fully saturated rings. The predicted molar refractivity (Wildman–Crippen MR) is 114 cm³/mol. The zero-order valence-electron chi connectivity index (χ0n) is 16.4. The number of carbonyl (C=O) groups excluding carboxylic acids is 1. The maximum Gasteiger partial charge on any atom is 0.274 e. The Morgan fingerprint density at radius 3 is 2.84 bits per heavy atom. The minimum Gasteiger partial charge on any atom is -0.321 e. The van der Waals surface area contributed by atoms with Crippen LogP contribution in [0.25, 0.3) is 22.5 Å². The summed E-state index contributed by atoms with van der Waals surface area (Å²) >= 11 is 0. The summed E-state index contributed by atoms with van der Waals surface area (Å²) in [4.78, 5) is 21.1. The van der Waals surface area contributed by atoms with Crippen LogP contribution in [0, 0.1) is 11.3 Å². The van der Waals surface area contributed by atoms with Gasteiger partial charge in [0.1, 0.15) is 18.1 Å². The quantitative estimate of drug-likeness (QED) is 0.538. The average molecular weight is 407 g/mol. The van der Waals surface area contributed by atoms with Gasteiger partial charge in [-0.05, 0) is 48.7 Å². The summed E-state index contributed by atoms with van der Waals surface area (Å²) in [5.74, 6) is 0.468. The van der Waals surface area contributed by atoms with Crippen molar-refractivity contribution in [2.75, 3.05) is 5.32 Å². The van der Waals surface area contributed by atoms with Crippen molar-refractivity contribution in [3.63, 3.8) is 0 Å². The third kappa shape index (κ3) is 3.89. The summed E-state index contributed by atoms with van der Waals surface area (Å²) in [6, 6.07) is 15.2. The van der Waals surface area contributed by atoms with E-state index in [1.807, 2.05) is 24.3 Å². The molecule has 150 valence electrons. The minimum absolute atomic E-state index is 0.270. The molecule has 1 aliphatic carbocycles. The molecule has 3 heterocycles. The average Bonchev–Trinajstić information content (AvgIpc) is 3.55. The Labute approximate surface area is 178 Å². The monoisotopic (exact) mass is 407 g/mol. The number of hydrogen-bond acceptors (Lipinski definition) is 6. The molecule has 8 nitrogen and oxygen atoms in total. The number of carbonyl (C=O) groups is 1. The molecular formula is C23H17N7O. The van der Waals surface area contributed by atoms with E-state index >= 15 is 0 Å². The Balaban J connectivity index is 1.38. The number of nitrogens with one attached hydrogen (secondary N) is 1. The second-order valence-corrected chi connectivity index (χ2v) is 7.33. The van der Waals surface area contributed by atoms with Gasteiger partial charge in [-0.1, -0.05) is 12.1 Å². The van der Waals surface area contributed by atoms with E-state index in [0.717, 1.165) is 35.4 Å². The van der Waals surface area contributed by atoms with Gasteiger partial charge in [0.05, 0.1) is 5.56 Å². The smallest absolute Gasteiger partial charge is 0.274 e. The van der Waals surface area contributed by atoms with E-state index in [0.29, 0.717) is 17.3 Å². The number of amides is 1. The van der Waals surface area contributed by atoms with Gasteiger partial charge < -0.3 is 9.88 Å². The van der Waals surface area contributed by atoms with Crippen LogP contribution in [0.5, 0.6) is 0 Å². The van der Waals surface area contributed by atoms with E-state index < -0.39 is 0 Å². The van der Waals surface area contributed by atoms with Gasteiger partial charge in [0.25, 0.3) is 5.91 Å². The zero-order valence-corrected chi connectivity index (χ0v) is 16.4. The summed E-state index contributed by atoms with van der Waals surface area (Å²) in [5, 5.41) is 20.3. The highest BCUT2D eigenvalue weighted by molar-refractivity contribution is 6.03. The molecule has 0 unspecified atom stereocenters. The first kappa shape index (κ1) is 18.6. The van der Waals surface area contributed by atoms with Crippen molar-refractivity contribution < 1.29 is 4.79 Å². The fourth-order valence-electron chi connectivity index (χ4n) is 3.39. The van der Waals surface area contributed by atoms with Crippen molar-refractivity contribution in [3.05, 3.63) is 78.6 Å². The Morgan fingerprint density at radius 2 is 2.00 bits per heavy atom. The number of nitriles is 1. The van der Waals surface area contributed by atoms with Gasteiger partial charge in [0.15, 0.2) is 5.82 Å². The number of hydrogen-bond donors (Lipinski definition) is 1. The highest BCUT2D eigenvalue weighted by Gasteiger charge is 2.26. The molecule has 1 N–H and O–H groups in total. The fraction of sp³-hybridized carbons (Fsp3) is 0.130. The zero-order chi connectivity index (χ0) is 21.2. The van der Waals surface area contributed by atoms with Crippen molar-refractivity contribution in [2.24, 2.45) is 0 Å². The number of aromatic nitrogens is 5. The largest absolute Gasteiger partial charge is 0.321 e. The first-order chi connectivity index (χ1) is 15.2. The Hall–Kier alpha value is -4.38. The van der Waals surface area contributed by atoms with Crippen LogP contribution in [-0.4, -0.2) is 30.6 Å². The summed E-state index contributed by atoms with van der Waals surface area (Å²) in [6.07, 6.45) is 8.74. The van der Waals surface area contributed by atoms with Crippen molar-refractivity contribution in [1.29, 1.82) is 5.26 Å². The molecular weight excluding hydrogens is 390 g/mol. The molecule has 0 atom stereocenters. The number of rotatable bonds is 5. The van der Waals surface area contributed by atoms with Gasteiger partial charge in [-0.2, -0.15) is 5.26 Å². The molecule has 8 heteroatoms. The topological polar surface area (TPSA) is 109 Å². The van der Waals surface area contributed by atoms with Crippen molar-refractivity contribution in [1.82, 2.24) is 24.7 Å². The Bertz CT molecular complexity index is 1320. The number of anilines is 1. The lowest BCUT2D eigenvalue weighted by atomic mass is 10.1. The van der Waals surface area contributed by atoms with E-state index in [2.05, 4.69) is 36.1 Å². The molecule has 0 bridgehead atoms. The van der Waals surface area contributed by atoms with Gasteiger partial charge in [-0.25, -0.2) is 0 Å². The molecule has 0 radical (unpaired) electrons. The highest BCUT2D eigenvalue weighted by atomic mass is 16.1. The first-order valence-corrected chi connectivity index (χ1v) is 9.84. The van der Waals surface area contributed by atoms with Crippen LogP contribution in [0.2, 0.25) is 0 Å². The van der Waals surface area contributed by atoms with E-state index in [1.54, 1.807) is 36.9 Å². The molecule has 0 aliphatic heterocycles. The molecule has 31 heavy (non-hydrogen) atoms. The van der Waals surface area contributed by atoms with Crippen molar-refractivity contribution in [3.8, 4) is 28.6 Å². The summed E-state index contributed by atoms with van der Waals surface area (Å²) in [6.45, 7) is 0. The summed E-state index contributed by atoms with van der Waals surface area (Å²) in [7, 11) is 0. The molecule has 1 aliphatic rings. The van der Waals surface area contributed by atoms with Crippen molar-refractivity contribution in [2.45, 2.75) is 18.9 Å². The van der Waals surface area contributed by atoms with E-state index in [-0.39, 0.29) is 11.6 Å². The highest BCUT2D eigenvalue weighted by Crippen LogP contribution is 2.37. The van der Waals surface area contributed by atoms with Crippen LogP contribution < -0.4 is 5.32 Å². The molecule has 1 aromatic carbocycles. The number of benzene rings is 1. The van der Waals surface area contributed by atoms with Crippen LogP contribution in [0.15, 0.2) is 67.4 Å². The number of nitrogens with zero attached hydrogens (tertiary/aromatic N) is 6. The van der Waals surface area contributed by atoms with Gasteiger partial charge in [-0.3, -0.25) is 14.8 Å². The SMILES string of the molecule is N#Cc1cncc(-c2ccnc(C(=O)Nc3cccc(-c4nncn4C4CC4)c3)c2)c1. The third-order valence-electron chi connectivity index (χ3n) is 5.09. The van der Waals surface area contributed by atoms with Gasteiger partial charge in [0.2, 0.25) is 0 Å². The van der Waals surface area contributed by atoms with Crippen LogP contribution in [0.1, 0.15) is 34.9 Å². The second kappa shape index (κ2) is 7.80. The predicted octanol–water partition coefficient (Wildman–Crippen LogP) is 3.86. The fourth-order valence-corrected chi connectivity index (χ4v) is 3.39.